The maximum absolute atomic E-state index is 11.8. The van der Waals surface area contributed by atoms with Crippen molar-refractivity contribution in [3.05, 3.63) is 76.2 Å². The fraction of sp³-hybridized carbons (Fsp3) is 0.118. The monoisotopic (exact) mass is 365 g/mol. The molecule has 2 aromatic rings. The molecule has 0 bridgehead atoms. The van der Waals surface area contributed by atoms with Crippen molar-refractivity contribution in [1.29, 1.82) is 0 Å². The summed E-state index contributed by atoms with van der Waals surface area (Å²) in [7, 11) is -3.72. The lowest BCUT2D eigenvalue weighted by molar-refractivity contribution is -0.143. The van der Waals surface area contributed by atoms with Gasteiger partial charge < -0.3 is 4.74 Å². The highest BCUT2D eigenvalue weighted by atomic mass is 35.5. The highest BCUT2D eigenvalue weighted by Crippen LogP contribution is 2.15. The summed E-state index contributed by atoms with van der Waals surface area (Å²) in [5.41, 5.74) is 1.39. The summed E-state index contributed by atoms with van der Waals surface area (Å²) in [5.74, 6) is -0.688. The van der Waals surface area contributed by atoms with E-state index in [-0.39, 0.29) is 6.61 Å². The van der Waals surface area contributed by atoms with Gasteiger partial charge in [-0.1, -0.05) is 60.1 Å². The number of esters is 1. The minimum atomic E-state index is -3.72. The number of hydrogen-bond acceptors (Lipinski definition) is 4. The van der Waals surface area contributed by atoms with Crippen LogP contribution in [0.2, 0.25) is 5.02 Å². The lowest BCUT2D eigenvalue weighted by Crippen LogP contribution is -2.29. The van der Waals surface area contributed by atoms with Crippen molar-refractivity contribution in [3.8, 4) is 0 Å². The third-order valence-electron chi connectivity index (χ3n) is 3.00. The Morgan fingerprint density at radius 2 is 1.75 bits per heavy atom. The molecule has 0 heterocycles. The van der Waals surface area contributed by atoms with Gasteiger partial charge in [0.05, 0.1) is 0 Å². The Hall–Kier alpha value is -2.15. The second kappa shape index (κ2) is 8.63. The van der Waals surface area contributed by atoms with Crippen LogP contribution in [0, 0.1) is 0 Å². The second-order valence-corrected chi connectivity index (χ2v) is 6.89. The molecular weight excluding hydrogens is 350 g/mol. The molecule has 0 aliphatic heterocycles. The molecule has 0 unspecified atom stereocenters. The first-order chi connectivity index (χ1) is 11.5. The number of sulfonamides is 1. The molecule has 0 aromatic heterocycles. The van der Waals surface area contributed by atoms with Crippen molar-refractivity contribution < 1.29 is 17.9 Å². The van der Waals surface area contributed by atoms with E-state index in [4.69, 9.17) is 16.3 Å². The van der Waals surface area contributed by atoms with Crippen LogP contribution in [-0.4, -0.2) is 20.9 Å². The van der Waals surface area contributed by atoms with E-state index in [0.29, 0.717) is 10.6 Å². The van der Waals surface area contributed by atoms with Gasteiger partial charge in [0.1, 0.15) is 13.2 Å². The van der Waals surface area contributed by atoms with Crippen LogP contribution in [0.15, 0.2) is 60.0 Å². The third kappa shape index (κ3) is 6.16. The minimum absolute atomic E-state index is 0.0138. The predicted octanol–water partition coefficient (Wildman–Crippen LogP) is 2.97. The van der Waals surface area contributed by atoms with Crippen molar-refractivity contribution >= 4 is 33.7 Å². The zero-order valence-corrected chi connectivity index (χ0v) is 14.3. The molecule has 0 amide bonds. The van der Waals surface area contributed by atoms with Crippen LogP contribution in [-0.2, 0) is 26.2 Å². The number of benzene rings is 2. The first-order valence-corrected chi connectivity index (χ1v) is 9.00. The van der Waals surface area contributed by atoms with Crippen LogP contribution < -0.4 is 4.72 Å². The number of ether oxygens (including phenoxy) is 1. The van der Waals surface area contributed by atoms with Gasteiger partial charge in [-0.25, -0.2) is 13.1 Å². The fourth-order valence-corrected chi connectivity index (χ4v) is 2.71. The van der Waals surface area contributed by atoms with Crippen LogP contribution in [0.3, 0.4) is 0 Å². The third-order valence-corrected chi connectivity index (χ3v) is 4.41. The molecule has 0 spiro atoms. The molecule has 0 saturated heterocycles. The summed E-state index contributed by atoms with van der Waals surface area (Å²) in [6.45, 7) is -0.466. The van der Waals surface area contributed by atoms with Crippen molar-refractivity contribution in [1.82, 2.24) is 4.72 Å². The van der Waals surface area contributed by atoms with Crippen LogP contribution >= 0.6 is 11.6 Å². The number of nitrogens with one attached hydrogen (secondary N) is 1. The maximum Gasteiger partial charge on any atom is 0.321 e. The number of rotatable bonds is 7. The molecule has 24 heavy (non-hydrogen) atoms. The first-order valence-electron chi connectivity index (χ1n) is 7.08. The van der Waals surface area contributed by atoms with E-state index in [0.717, 1.165) is 11.0 Å². The summed E-state index contributed by atoms with van der Waals surface area (Å²) in [4.78, 5) is 11.6. The second-order valence-electron chi connectivity index (χ2n) is 4.83. The summed E-state index contributed by atoms with van der Waals surface area (Å²) in [6, 6.07) is 15.9. The molecule has 2 aromatic carbocycles. The van der Waals surface area contributed by atoms with Crippen LogP contribution in [0.25, 0.3) is 6.08 Å². The molecule has 0 atom stereocenters. The average molecular weight is 366 g/mol. The van der Waals surface area contributed by atoms with Crippen molar-refractivity contribution in [3.63, 3.8) is 0 Å². The van der Waals surface area contributed by atoms with E-state index in [2.05, 4.69) is 4.72 Å². The number of halogens is 1. The molecule has 5 nitrogen and oxygen atoms in total. The van der Waals surface area contributed by atoms with Gasteiger partial charge in [0.2, 0.25) is 10.0 Å². The molecule has 2 rings (SSSR count). The Morgan fingerprint density at radius 1 is 1.08 bits per heavy atom. The molecule has 1 N–H and O–H groups in total. The highest BCUT2D eigenvalue weighted by Gasteiger charge is 2.10. The summed E-state index contributed by atoms with van der Waals surface area (Å²) in [5, 5.41) is 1.49. The molecule has 126 valence electrons. The standard InChI is InChI=1S/C17H16ClNO4S/c18-16-9-5-4-8-15(16)13-23-17(20)12-19-24(21,22)11-10-14-6-2-1-3-7-14/h1-11,19H,12-13H2/b11-10+. The lowest BCUT2D eigenvalue weighted by atomic mass is 10.2. The highest BCUT2D eigenvalue weighted by molar-refractivity contribution is 7.92. The average Bonchev–Trinajstić information content (AvgIpc) is 2.59. The largest absolute Gasteiger partial charge is 0.460 e. The van der Waals surface area contributed by atoms with E-state index < -0.39 is 22.5 Å². The van der Waals surface area contributed by atoms with Gasteiger partial charge in [-0.15, -0.1) is 0 Å². The lowest BCUT2D eigenvalue weighted by Gasteiger charge is -2.07. The van der Waals surface area contributed by atoms with E-state index in [9.17, 15) is 13.2 Å². The Kier molecular flexibility index (Phi) is 6.54. The van der Waals surface area contributed by atoms with E-state index in [1.807, 2.05) is 6.07 Å². The molecule has 0 aliphatic rings. The smallest absolute Gasteiger partial charge is 0.321 e. The Balaban J connectivity index is 1.82. The molecule has 7 heteroatoms. The SMILES string of the molecule is O=C(CNS(=O)(=O)/C=C/c1ccccc1)OCc1ccccc1Cl. The number of hydrogen-bond donors (Lipinski definition) is 1. The van der Waals surface area contributed by atoms with Gasteiger partial charge in [-0.2, -0.15) is 0 Å². The number of carbonyl (C=O) groups excluding carboxylic acids is 1. The molecule has 0 aliphatic carbocycles. The zero-order chi connectivity index (χ0) is 17.4. The fourth-order valence-electron chi connectivity index (χ4n) is 1.76. The summed E-state index contributed by atoms with van der Waals surface area (Å²) >= 11 is 5.94. The Labute approximate surface area is 146 Å². The summed E-state index contributed by atoms with van der Waals surface area (Å²) in [6.07, 6.45) is 1.44. The van der Waals surface area contributed by atoms with E-state index >= 15 is 0 Å². The van der Waals surface area contributed by atoms with Gasteiger partial charge in [0, 0.05) is 16.0 Å². The Morgan fingerprint density at radius 3 is 2.46 bits per heavy atom. The molecule has 0 radical (unpaired) electrons. The van der Waals surface area contributed by atoms with Crippen LogP contribution in [0.5, 0.6) is 0 Å². The zero-order valence-electron chi connectivity index (χ0n) is 12.7. The van der Waals surface area contributed by atoms with Crippen molar-refractivity contribution in [2.24, 2.45) is 0 Å². The van der Waals surface area contributed by atoms with Crippen molar-refractivity contribution in [2.45, 2.75) is 6.61 Å². The van der Waals surface area contributed by atoms with E-state index in [1.54, 1.807) is 48.5 Å². The topological polar surface area (TPSA) is 72.5 Å². The van der Waals surface area contributed by atoms with E-state index in [1.165, 1.54) is 6.08 Å². The maximum atomic E-state index is 11.8. The van der Waals surface area contributed by atoms with Gasteiger partial charge in [-0.3, -0.25) is 4.79 Å². The molecule has 0 fully saturated rings. The quantitative estimate of drug-likeness (QED) is 0.765. The molecular formula is C17H16ClNO4S. The first kappa shape index (κ1) is 18.2. The normalized spacial score (nSPS) is 11.5. The number of carbonyl (C=O) groups is 1. The predicted molar refractivity (Wildman–Crippen MR) is 93.6 cm³/mol. The molecule has 0 saturated carbocycles. The summed E-state index contributed by atoms with van der Waals surface area (Å²) < 4.78 is 30.8. The van der Waals surface area contributed by atoms with Crippen molar-refractivity contribution in [2.75, 3.05) is 6.54 Å². The van der Waals surface area contributed by atoms with Gasteiger partial charge in [-0.05, 0) is 17.7 Å². The Bertz CT molecular complexity index is 819. The van der Waals surface area contributed by atoms with Gasteiger partial charge in [0.15, 0.2) is 0 Å². The van der Waals surface area contributed by atoms with Gasteiger partial charge in [0.25, 0.3) is 0 Å². The van der Waals surface area contributed by atoms with Gasteiger partial charge >= 0.3 is 5.97 Å². The minimum Gasteiger partial charge on any atom is -0.460 e. The van der Waals surface area contributed by atoms with Crippen LogP contribution in [0.1, 0.15) is 11.1 Å². The van der Waals surface area contributed by atoms with Crippen LogP contribution in [0.4, 0.5) is 0 Å².